The first kappa shape index (κ1) is 13.6. The molecule has 0 atom stereocenters. The highest BCUT2D eigenvalue weighted by Gasteiger charge is 2.09. The molecule has 1 heterocycles. The fourth-order valence-electron chi connectivity index (χ4n) is 1.50. The zero-order valence-electron chi connectivity index (χ0n) is 9.51. The Kier molecular flexibility index (Phi) is 3.87. The van der Waals surface area contributed by atoms with Gasteiger partial charge in [0, 0.05) is 16.1 Å². The van der Waals surface area contributed by atoms with Crippen molar-refractivity contribution in [2.75, 3.05) is 0 Å². The summed E-state index contributed by atoms with van der Waals surface area (Å²) in [4.78, 5) is 22.4. The van der Waals surface area contributed by atoms with Gasteiger partial charge < -0.3 is 5.11 Å². The van der Waals surface area contributed by atoms with Crippen LogP contribution in [0.2, 0.25) is 10.0 Å². The van der Waals surface area contributed by atoms with Crippen molar-refractivity contribution in [1.82, 2.24) is 9.78 Å². The van der Waals surface area contributed by atoms with Gasteiger partial charge in [-0.25, -0.2) is 9.48 Å². The number of aromatic carboxylic acids is 1. The van der Waals surface area contributed by atoms with Gasteiger partial charge in [0.05, 0.1) is 6.54 Å². The summed E-state index contributed by atoms with van der Waals surface area (Å²) < 4.78 is 1.03. The standard InChI is InChI=1S/C12H8Cl2N2O3/c13-8-1-2-9(14)7(5-8)6-16-11(17)4-3-10(15-16)12(18)19/h1-5H,6H2,(H,18,19). The molecule has 0 aliphatic rings. The highest BCUT2D eigenvalue weighted by molar-refractivity contribution is 6.33. The van der Waals surface area contributed by atoms with E-state index in [1.54, 1.807) is 18.2 Å². The number of aromatic nitrogens is 2. The molecular formula is C12H8Cl2N2O3. The zero-order chi connectivity index (χ0) is 14.0. The molecule has 0 bridgehead atoms. The third-order valence-corrected chi connectivity index (χ3v) is 3.02. The molecule has 0 radical (unpaired) electrons. The van der Waals surface area contributed by atoms with E-state index in [-0.39, 0.29) is 12.2 Å². The lowest BCUT2D eigenvalue weighted by atomic mass is 10.2. The van der Waals surface area contributed by atoms with Crippen molar-refractivity contribution in [3.63, 3.8) is 0 Å². The van der Waals surface area contributed by atoms with Crippen LogP contribution in [0, 0.1) is 0 Å². The SMILES string of the molecule is O=C(O)c1ccc(=O)n(Cc2cc(Cl)ccc2Cl)n1. The van der Waals surface area contributed by atoms with Gasteiger partial charge >= 0.3 is 5.97 Å². The minimum atomic E-state index is -1.20. The van der Waals surface area contributed by atoms with Crippen LogP contribution < -0.4 is 5.56 Å². The summed E-state index contributed by atoms with van der Waals surface area (Å²) in [7, 11) is 0. The number of nitrogens with zero attached hydrogens (tertiary/aromatic N) is 2. The van der Waals surface area contributed by atoms with Crippen LogP contribution in [0.3, 0.4) is 0 Å². The molecule has 0 aliphatic heterocycles. The Hall–Kier alpha value is -1.85. The summed E-state index contributed by atoms with van der Waals surface area (Å²) in [5.74, 6) is -1.20. The molecule has 0 amide bonds. The maximum atomic E-state index is 11.6. The third kappa shape index (κ3) is 3.13. The van der Waals surface area contributed by atoms with Gasteiger partial charge in [0.25, 0.3) is 5.56 Å². The van der Waals surface area contributed by atoms with Crippen LogP contribution in [0.4, 0.5) is 0 Å². The highest BCUT2D eigenvalue weighted by atomic mass is 35.5. The number of carbonyl (C=O) groups is 1. The average Bonchev–Trinajstić information content (AvgIpc) is 2.36. The van der Waals surface area contributed by atoms with Crippen molar-refractivity contribution >= 4 is 29.2 Å². The van der Waals surface area contributed by atoms with Crippen molar-refractivity contribution < 1.29 is 9.90 Å². The Morgan fingerprint density at radius 1 is 1.26 bits per heavy atom. The molecule has 1 aromatic heterocycles. The van der Waals surface area contributed by atoms with Gasteiger partial charge in [-0.05, 0) is 29.8 Å². The lowest BCUT2D eigenvalue weighted by molar-refractivity contribution is 0.0687. The van der Waals surface area contributed by atoms with E-state index in [0.717, 1.165) is 16.8 Å². The largest absolute Gasteiger partial charge is 0.476 e. The fourth-order valence-corrected chi connectivity index (χ4v) is 1.87. The Balaban J connectivity index is 2.43. The highest BCUT2D eigenvalue weighted by Crippen LogP contribution is 2.20. The molecule has 2 rings (SSSR count). The Morgan fingerprint density at radius 3 is 2.68 bits per heavy atom. The minimum absolute atomic E-state index is 0.0549. The minimum Gasteiger partial charge on any atom is -0.476 e. The summed E-state index contributed by atoms with van der Waals surface area (Å²) in [5.41, 5.74) is -0.0369. The van der Waals surface area contributed by atoms with E-state index >= 15 is 0 Å². The van der Waals surface area contributed by atoms with Crippen molar-refractivity contribution in [3.8, 4) is 0 Å². The van der Waals surface area contributed by atoms with Gasteiger partial charge in [0.1, 0.15) is 0 Å². The van der Waals surface area contributed by atoms with Gasteiger partial charge in [0.15, 0.2) is 5.69 Å². The third-order valence-electron chi connectivity index (χ3n) is 2.41. The second-order valence-electron chi connectivity index (χ2n) is 3.76. The molecule has 5 nitrogen and oxygen atoms in total. The molecule has 0 aliphatic carbocycles. The molecule has 2 aromatic rings. The van der Waals surface area contributed by atoms with Crippen molar-refractivity contribution in [2.45, 2.75) is 6.54 Å². The lowest BCUT2D eigenvalue weighted by Crippen LogP contribution is -2.25. The van der Waals surface area contributed by atoms with E-state index < -0.39 is 11.5 Å². The van der Waals surface area contributed by atoms with Crippen molar-refractivity contribution in [3.05, 3.63) is 62.0 Å². The van der Waals surface area contributed by atoms with E-state index in [9.17, 15) is 9.59 Å². The lowest BCUT2D eigenvalue weighted by Gasteiger charge is -2.07. The van der Waals surface area contributed by atoms with Gasteiger partial charge in [-0.2, -0.15) is 5.10 Å². The van der Waals surface area contributed by atoms with Gasteiger partial charge in [0.2, 0.25) is 0 Å². The smallest absolute Gasteiger partial charge is 0.356 e. The topological polar surface area (TPSA) is 72.2 Å². The summed E-state index contributed by atoms with van der Waals surface area (Å²) in [6, 6.07) is 7.13. The number of carboxylic acids is 1. The molecule has 0 unspecified atom stereocenters. The van der Waals surface area contributed by atoms with E-state index in [2.05, 4.69) is 5.10 Å². The maximum absolute atomic E-state index is 11.6. The van der Waals surface area contributed by atoms with Crippen LogP contribution in [0.15, 0.2) is 35.1 Å². The molecule has 1 N–H and O–H groups in total. The average molecular weight is 299 g/mol. The second kappa shape index (κ2) is 5.42. The Morgan fingerprint density at radius 2 is 2.00 bits per heavy atom. The van der Waals surface area contributed by atoms with E-state index in [4.69, 9.17) is 28.3 Å². The van der Waals surface area contributed by atoms with E-state index in [1.165, 1.54) is 0 Å². The summed E-state index contributed by atoms with van der Waals surface area (Å²) in [6.45, 7) is 0.0549. The molecule has 0 fully saturated rings. The van der Waals surface area contributed by atoms with Crippen LogP contribution in [-0.4, -0.2) is 20.9 Å². The number of halogens is 2. The Bertz CT molecular complexity index is 698. The quantitative estimate of drug-likeness (QED) is 0.944. The van der Waals surface area contributed by atoms with E-state index in [1.807, 2.05) is 0 Å². The first-order chi connectivity index (χ1) is 8.97. The first-order valence-corrected chi connectivity index (χ1v) is 5.98. The van der Waals surface area contributed by atoms with Crippen molar-refractivity contribution in [2.24, 2.45) is 0 Å². The Labute approximate surface area is 118 Å². The van der Waals surface area contributed by atoms with Crippen molar-refractivity contribution in [1.29, 1.82) is 0 Å². The molecular weight excluding hydrogens is 291 g/mol. The molecule has 0 spiro atoms. The monoisotopic (exact) mass is 298 g/mol. The van der Waals surface area contributed by atoms with Gasteiger partial charge in [-0.3, -0.25) is 4.79 Å². The normalized spacial score (nSPS) is 10.4. The molecule has 0 saturated heterocycles. The number of hydrogen-bond donors (Lipinski definition) is 1. The summed E-state index contributed by atoms with van der Waals surface area (Å²) in [5, 5.41) is 13.5. The predicted molar refractivity (Wildman–Crippen MR) is 71.0 cm³/mol. The second-order valence-corrected chi connectivity index (χ2v) is 4.60. The van der Waals surface area contributed by atoms with Crippen LogP contribution in [0.1, 0.15) is 16.1 Å². The molecule has 7 heteroatoms. The summed E-state index contributed by atoms with van der Waals surface area (Å²) >= 11 is 11.8. The predicted octanol–water partition coefficient (Wildman–Crippen LogP) is 2.30. The summed E-state index contributed by atoms with van der Waals surface area (Å²) in [6.07, 6.45) is 0. The van der Waals surface area contributed by atoms with Gasteiger partial charge in [-0.1, -0.05) is 23.2 Å². The molecule has 0 saturated carbocycles. The number of rotatable bonds is 3. The fraction of sp³-hybridized carbons (Fsp3) is 0.0833. The number of hydrogen-bond acceptors (Lipinski definition) is 3. The van der Waals surface area contributed by atoms with E-state index in [0.29, 0.717) is 15.6 Å². The molecule has 19 heavy (non-hydrogen) atoms. The number of carboxylic acid groups (broad SMARTS) is 1. The molecule has 98 valence electrons. The van der Waals surface area contributed by atoms with Crippen LogP contribution in [-0.2, 0) is 6.54 Å². The van der Waals surface area contributed by atoms with Crippen LogP contribution in [0.25, 0.3) is 0 Å². The maximum Gasteiger partial charge on any atom is 0.356 e. The van der Waals surface area contributed by atoms with Gasteiger partial charge in [-0.15, -0.1) is 0 Å². The van der Waals surface area contributed by atoms with Crippen LogP contribution >= 0.6 is 23.2 Å². The molecule has 1 aromatic carbocycles. The number of benzene rings is 1. The van der Waals surface area contributed by atoms with Crippen LogP contribution in [0.5, 0.6) is 0 Å². The zero-order valence-corrected chi connectivity index (χ0v) is 11.0. The first-order valence-electron chi connectivity index (χ1n) is 5.23.